The van der Waals surface area contributed by atoms with Gasteiger partial charge in [-0.2, -0.15) is 11.8 Å². The number of piperidine rings is 1. The number of benzene rings is 2. The average molecular weight is 494 g/mol. The van der Waals surface area contributed by atoms with Gasteiger partial charge in [0.2, 0.25) is 5.91 Å². The van der Waals surface area contributed by atoms with Crippen LogP contribution in [0.25, 0.3) is 11.3 Å². The molecule has 7 heteroatoms. The molecule has 34 heavy (non-hydrogen) atoms. The Kier molecular flexibility index (Phi) is 7.06. The highest BCUT2D eigenvalue weighted by Crippen LogP contribution is 2.52. The maximum absolute atomic E-state index is 12.5. The van der Waals surface area contributed by atoms with Gasteiger partial charge in [-0.15, -0.1) is 11.3 Å². The van der Waals surface area contributed by atoms with Crippen molar-refractivity contribution >= 4 is 29.0 Å². The van der Waals surface area contributed by atoms with Crippen molar-refractivity contribution in [2.45, 2.75) is 36.9 Å². The van der Waals surface area contributed by atoms with Crippen LogP contribution in [-0.2, 0) is 21.5 Å². The van der Waals surface area contributed by atoms with E-state index in [4.69, 9.17) is 9.72 Å². The van der Waals surface area contributed by atoms with Crippen molar-refractivity contribution in [1.29, 1.82) is 0 Å². The van der Waals surface area contributed by atoms with Gasteiger partial charge in [0.25, 0.3) is 0 Å². The lowest BCUT2D eigenvalue weighted by molar-refractivity contribution is -0.121. The lowest BCUT2D eigenvalue weighted by atomic mass is 9.72. The Morgan fingerprint density at radius 2 is 1.91 bits per heavy atom. The van der Waals surface area contributed by atoms with E-state index >= 15 is 0 Å². The van der Waals surface area contributed by atoms with E-state index in [0.29, 0.717) is 5.75 Å². The van der Waals surface area contributed by atoms with Crippen LogP contribution >= 0.6 is 23.1 Å². The zero-order valence-corrected chi connectivity index (χ0v) is 21.3. The number of aromatic nitrogens is 1. The van der Waals surface area contributed by atoms with Gasteiger partial charge in [-0.25, -0.2) is 4.98 Å². The highest BCUT2D eigenvalue weighted by molar-refractivity contribution is 7.99. The predicted octanol–water partition coefficient (Wildman–Crippen LogP) is 4.89. The van der Waals surface area contributed by atoms with Crippen LogP contribution in [0.1, 0.15) is 35.0 Å². The van der Waals surface area contributed by atoms with Crippen LogP contribution in [-0.4, -0.2) is 54.1 Å². The number of nitrogens with one attached hydrogen (secondary N) is 1. The molecule has 2 aliphatic rings. The van der Waals surface area contributed by atoms with E-state index in [1.807, 2.05) is 12.3 Å². The van der Waals surface area contributed by atoms with Gasteiger partial charge in [-0.3, -0.25) is 9.69 Å². The zero-order chi connectivity index (χ0) is 23.5. The predicted molar refractivity (Wildman–Crippen MR) is 140 cm³/mol. The number of carbonyl (C=O) groups is 1. The largest absolute Gasteiger partial charge is 0.378 e. The Morgan fingerprint density at radius 1 is 1.18 bits per heavy atom. The minimum absolute atomic E-state index is 0.0533. The second kappa shape index (κ2) is 10.2. The van der Waals surface area contributed by atoms with Crippen LogP contribution in [0.3, 0.4) is 0 Å². The van der Waals surface area contributed by atoms with Gasteiger partial charge in [-0.1, -0.05) is 54.6 Å². The molecule has 5 nitrogen and oxygen atoms in total. The Bertz CT molecular complexity index is 1130. The SMILES string of the molecule is CO[C@H]1[C@H](NC(=O)CSC)c2ccccc2C12CCN(Cc1nc(-c3ccccc3)cs1)CC2. The fourth-order valence-corrected chi connectivity index (χ4v) is 6.89. The fourth-order valence-electron chi connectivity index (χ4n) is 5.70. The molecule has 1 fully saturated rings. The number of carbonyl (C=O) groups excluding carboxylic acids is 1. The summed E-state index contributed by atoms with van der Waals surface area (Å²) >= 11 is 3.29. The number of hydrogen-bond acceptors (Lipinski definition) is 6. The monoisotopic (exact) mass is 493 g/mol. The van der Waals surface area contributed by atoms with E-state index in [9.17, 15) is 4.79 Å². The summed E-state index contributed by atoms with van der Waals surface area (Å²) in [5.74, 6) is 0.538. The molecular formula is C27H31N3O2S2. The lowest BCUT2D eigenvalue weighted by Gasteiger charge is -2.44. The number of fused-ring (bicyclic) bond motifs is 2. The third kappa shape index (κ3) is 4.42. The first-order chi connectivity index (χ1) is 16.6. The Balaban J connectivity index is 1.31. The molecule has 0 unspecified atom stereocenters. The molecule has 1 amide bonds. The summed E-state index contributed by atoms with van der Waals surface area (Å²) < 4.78 is 6.13. The number of ether oxygens (including phenoxy) is 1. The molecule has 1 saturated heterocycles. The standard InChI is InChI=1S/C27H31N3O2S2/c1-32-26-25(29-23(31)18-33-2)20-10-6-7-11-21(20)27(26)12-14-30(15-13-27)16-24-28-22(17-34-24)19-8-4-3-5-9-19/h3-11,17,25-26H,12-16,18H2,1-2H3,(H,29,31)/t25-,26+/m1/s1. The highest BCUT2D eigenvalue weighted by Gasteiger charge is 2.53. The van der Waals surface area contributed by atoms with Crippen LogP contribution in [0.2, 0.25) is 0 Å². The molecule has 0 radical (unpaired) electrons. The molecule has 1 aromatic heterocycles. The summed E-state index contributed by atoms with van der Waals surface area (Å²) in [7, 11) is 1.79. The number of likely N-dealkylation sites (tertiary alicyclic amines) is 1. The number of thioether (sulfide) groups is 1. The van der Waals surface area contributed by atoms with Gasteiger partial charge in [-0.05, 0) is 43.3 Å². The summed E-state index contributed by atoms with van der Waals surface area (Å²) in [6, 6.07) is 18.9. The normalized spacial score (nSPS) is 21.5. The molecule has 0 bridgehead atoms. The molecule has 1 aliphatic heterocycles. The van der Waals surface area contributed by atoms with Crippen molar-refractivity contribution in [3.8, 4) is 11.3 Å². The molecule has 2 aromatic carbocycles. The quantitative estimate of drug-likeness (QED) is 0.508. The third-order valence-electron chi connectivity index (χ3n) is 7.25. The second-order valence-corrected chi connectivity index (χ2v) is 11.0. The average Bonchev–Trinajstić information content (AvgIpc) is 3.43. The number of methoxy groups -OCH3 is 1. The van der Waals surface area contributed by atoms with Gasteiger partial charge >= 0.3 is 0 Å². The molecule has 2 heterocycles. The fraction of sp³-hybridized carbons (Fsp3) is 0.407. The van der Waals surface area contributed by atoms with Crippen molar-refractivity contribution in [1.82, 2.24) is 15.2 Å². The summed E-state index contributed by atoms with van der Waals surface area (Å²) in [4.78, 5) is 19.9. The van der Waals surface area contributed by atoms with Gasteiger partial charge < -0.3 is 10.1 Å². The van der Waals surface area contributed by atoms with E-state index in [0.717, 1.165) is 43.2 Å². The summed E-state index contributed by atoms with van der Waals surface area (Å²) in [5, 5.41) is 6.59. The summed E-state index contributed by atoms with van der Waals surface area (Å²) in [5.41, 5.74) is 4.71. The van der Waals surface area contributed by atoms with E-state index in [1.54, 1.807) is 30.2 Å². The van der Waals surface area contributed by atoms with Gasteiger partial charge in [0.15, 0.2) is 0 Å². The molecule has 5 rings (SSSR count). The van der Waals surface area contributed by atoms with Crippen LogP contribution < -0.4 is 5.32 Å². The smallest absolute Gasteiger partial charge is 0.230 e. The molecule has 178 valence electrons. The van der Waals surface area contributed by atoms with E-state index < -0.39 is 0 Å². The zero-order valence-electron chi connectivity index (χ0n) is 19.7. The lowest BCUT2D eigenvalue weighted by Crippen LogP contribution is -2.50. The molecule has 1 N–H and O–H groups in total. The summed E-state index contributed by atoms with van der Waals surface area (Å²) in [6.45, 7) is 2.85. The number of thiazole rings is 1. The number of hydrogen-bond donors (Lipinski definition) is 1. The van der Waals surface area contributed by atoms with E-state index in [-0.39, 0.29) is 23.5 Å². The van der Waals surface area contributed by atoms with Crippen molar-refractivity contribution in [2.75, 3.05) is 32.2 Å². The highest BCUT2D eigenvalue weighted by atomic mass is 32.2. The Hall–Kier alpha value is -2.19. The molecule has 1 spiro atoms. The first kappa shape index (κ1) is 23.5. The van der Waals surface area contributed by atoms with E-state index in [2.05, 4.69) is 64.1 Å². The van der Waals surface area contributed by atoms with E-state index in [1.165, 1.54) is 16.7 Å². The Labute approximate surface area is 209 Å². The van der Waals surface area contributed by atoms with Crippen molar-refractivity contribution < 1.29 is 9.53 Å². The second-order valence-electron chi connectivity index (χ2n) is 9.15. The van der Waals surface area contributed by atoms with Gasteiger partial charge in [0, 0.05) is 23.5 Å². The maximum atomic E-state index is 12.5. The Morgan fingerprint density at radius 3 is 2.65 bits per heavy atom. The third-order valence-corrected chi connectivity index (χ3v) is 8.64. The first-order valence-electron chi connectivity index (χ1n) is 11.8. The van der Waals surface area contributed by atoms with Crippen molar-refractivity contribution in [2.24, 2.45) is 0 Å². The van der Waals surface area contributed by atoms with Crippen LogP contribution in [0.5, 0.6) is 0 Å². The number of amides is 1. The number of nitrogens with zero attached hydrogens (tertiary/aromatic N) is 2. The van der Waals surface area contributed by atoms with Gasteiger partial charge in [0.05, 0.1) is 30.1 Å². The first-order valence-corrected chi connectivity index (χ1v) is 14.0. The van der Waals surface area contributed by atoms with Gasteiger partial charge in [0.1, 0.15) is 5.01 Å². The minimum Gasteiger partial charge on any atom is -0.378 e. The van der Waals surface area contributed by atoms with Crippen LogP contribution in [0.15, 0.2) is 60.0 Å². The van der Waals surface area contributed by atoms with Crippen LogP contribution in [0, 0.1) is 0 Å². The van der Waals surface area contributed by atoms with Crippen LogP contribution in [0.4, 0.5) is 0 Å². The molecule has 3 aromatic rings. The molecule has 1 aliphatic carbocycles. The molecular weight excluding hydrogens is 462 g/mol. The molecule has 0 saturated carbocycles. The van der Waals surface area contributed by atoms with Crippen molar-refractivity contribution in [3.05, 3.63) is 76.1 Å². The topological polar surface area (TPSA) is 54.5 Å². The maximum Gasteiger partial charge on any atom is 0.230 e. The molecule has 2 atom stereocenters. The minimum atomic E-state index is -0.0974. The number of rotatable bonds is 7. The summed E-state index contributed by atoms with van der Waals surface area (Å²) in [6.07, 6.45) is 3.92. The van der Waals surface area contributed by atoms with Crippen molar-refractivity contribution in [3.63, 3.8) is 0 Å².